The molecule has 0 saturated heterocycles. The van der Waals surface area contributed by atoms with E-state index >= 15 is 0 Å². The van der Waals surface area contributed by atoms with Gasteiger partial charge in [0.15, 0.2) is 5.75 Å². The van der Waals surface area contributed by atoms with Crippen molar-refractivity contribution in [1.29, 1.82) is 5.26 Å². The molecular weight excluding hydrogens is 495 g/mol. The first-order valence-electron chi connectivity index (χ1n) is 9.88. The second-order valence-corrected chi connectivity index (χ2v) is 7.93. The summed E-state index contributed by atoms with van der Waals surface area (Å²) in [4.78, 5) is 34.6. The number of anilines is 1. The summed E-state index contributed by atoms with van der Waals surface area (Å²) in [6, 6.07) is 16.4. The van der Waals surface area contributed by atoms with Crippen LogP contribution < -0.4 is 10.1 Å². The molecular formula is C25H16Cl2N2O6. The van der Waals surface area contributed by atoms with Crippen LogP contribution in [-0.4, -0.2) is 28.1 Å². The number of carboxylic acids is 2. The highest BCUT2D eigenvalue weighted by atomic mass is 35.5. The molecule has 0 atom stereocenters. The summed E-state index contributed by atoms with van der Waals surface area (Å²) in [5.41, 5.74) is 1.15. The molecule has 3 aromatic rings. The highest BCUT2D eigenvalue weighted by Gasteiger charge is 2.14. The second kappa shape index (κ2) is 11.2. The van der Waals surface area contributed by atoms with Crippen LogP contribution >= 0.6 is 23.2 Å². The molecule has 3 aromatic carbocycles. The van der Waals surface area contributed by atoms with Crippen molar-refractivity contribution in [3.05, 3.63) is 98.5 Å². The Bertz CT molecular complexity index is 1350. The molecule has 176 valence electrons. The van der Waals surface area contributed by atoms with Crippen LogP contribution in [0.3, 0.4) is 0 Å². The quantitative estimate of drug-likeness (QED) is 0.268. The molecule has 0 saturated carbocycles. The van der Waals surface area contributed by atoms with Crippen LogP contribution in [0.4, 0.5) is 5.69 Å². The maximum absolute atomic E-state index is 12.5. The summed E-state index contributed by atoms with van der Waals surface area (Å²) in [5.74, 6) is -2.75. The van der Waals surface area contributed by atoms with Crippen LogP contribution in [0.25, 0.3) is 6.08 Å². The molecule has 0 aliphatic heterocycles. The molecule has 10 heteroatoms. The van der Waals surface area contributed by atoms with Crippen LogP contribution in [0.1, 0.15) is 31.8 Å². The molecule has 0 bridgehead atoms. The average Bonchev–Trinajstić information content (AvgIpc) is 2.82. The van der Waals surface area contributed by atoms with E-state index in [9.17, 15) is 19.6 Å². The SMILES string of the molecule is N#C/C(=C/c1cc(Cl)c(OCc2ccc(C(=O)O)cc2)c(Cl)c1)C(=O)Nc1cccc(C(=O)O)c1. The van der Waals surface area contributed by atoms with E-state index in [0.717, 1.165) is 0 Å². The Morgan fingerprint density at radius 3 is 2.14 bits per heavy atom. The van der Waals surface area contributed by atoms with E-state index in [1.807, 2.05) is 0 Å². The van der Waals surface area contributed by atoms with Crippen molar-refractivity contribution in [2.75, 3.05) is 5.32 Å². The fourth-order valence-electron chi connectivity index (χ4n) is 2.94. The first-order valence-corrected chi connectivity index (χ1v) is 10.6. The summed E-state index contributed by atoms with van der Waals surface area (Å²) < 4.78 is 5.67. The van der Waals surface area contributed by atoms with E-state index in [1.165, 1.54) is 54.6 Å². The zero-order chi connectivity index (χ0) is 25.5. The number of nitrogens with zero attached hydrogens (tertiary/aromatic N) is 1. The van der Waals surface area contributed by atoms with Gasteiger partial charge in [0, 0.05) is 5.69 Å². The minimum atomic E-state index is -1.15. The van der Waals surface area contributed by atoms with Crippen molar-refractivity contribution in [3.8, 4) is 11.8 Å². The zero-order valence-corrected chi connectivity index (χ0v) is 19.3. The lowest BCUT2D eigenvalue weighted by atomic mass is 10.1. The van der Waals surface area contributed by atoms with Crippen molar-refractivity contribution in [3.63, 3.8) is 0 Å². The van der Waals surface area contributed by atoms with Gasteiger partial charge in [0.1, 0.15) is 18.2 Å². The van der Waals surface area contributed by atoms with Crippen LogP contribution in [0.2, 0.25) is 10.0 Å². The number of nitriles is 1. The van der Waals surface area contributed by atoms with Crippen molar-refractivity contribution in [1.82, 2.24) is 0 Å². The number of carbonyl (C=O) groups is 3. The van der Waals surface area contributed by atoms with E-state index in [4.69, 9.17) is 38.2 Å². The molecule has 0 spiro atoms. The lowest BCUT2D eigenvalue weighted by Gasteiger charge is -2.11. The van der Waals surface area contributed by atoms with Crippen molar-refractivity contribution in [2.45, 2.75) is 6.61 Å². The van der Waals surface area contributed by atoms with Crippen molar-refractivity contribution >= 4 is 52.8 Å². The van der Waals surface area contributed by atoms with Crippen molar-refractivity contribution in [2.24, 2.45) is 0 Å². The molecule has 0 aliphatic carbocycles. The van der Waals surface area contributed by atoms with E-state index in [2.05, 4.69) is 5.32 Å². The Balaban J connectivity index is 1.75. The van der Waals surface area contributed by atoms with Gasteiger partial charge in [-0.2, -0.15) is 5.26 Å². The normalized spacial score (nSPS) is 10.8. The highest BCUT2D eigenvalue weighted by molar-refractivity contribution is 6.37. The summed E-state index contributed by atoms with van der Waals surface area (Å²) in [7, 11) is 0. The number of rotatable bonds is 8. The number of nitrogens with one attached hydrogen (secondary N) is 1. The van der Waals surface area contributed by atoms with Crippen LogP contribution in [-0.2, 0) is 11.4 Å². The van der Waals surface area contributed by atoms with Crippen LogP contribution in [0, 0.1) is 11.3 Å². The summed E-state index contributed by atoms with van der Waals surface area (Å²) in [6.07, 6.45) is 1.28. The van der Waals surface area contributed by atoms with Gasteiger partial charge in [0.25, 0.3) is 5.91 Å². The molecule has 0 aromatic heterocycles. The third-order valence-corrected chi connectivity index (χ3v) is 5.21. The molecule has 0 aliphatic rings. The smallest absolute Gasteiger partial charge is 0.335 e. The highest BCUT2D eigenvalue weighted by Crippen LogP contribution is 2.35. The van der Waals surface area contributed by atoms with Gasteiger partial charge in [-0.15, -0.1) is 0 Å². The summed E-state index contributed by atoms with van der Waals surface area (Å²) in [5, 5.41) is 30.2. The molecule has 1 amide bonds. The number of hydrogen-bond acceptors (Lipinski definition) is 5. The Morgan fingerprint density at radius 1 is 0.943 bits per heavy atom. The first-order chi connectivity index (χ1) is 16.7. The maximum Gasteiger partial charge on any atom is 0.335 e. The lowest BCUT2D eigenvalue weighted by molar-refractivity contribution is -0.112. The van der Waals surface area contributed by atoms with E-state index in [0.29, 0.717) is 11.1 Å². The van der Waals surface area contributed by atoms with Crippen LogP contribution in [0.5, 0.6) is 5.75 Å². The third-order valence-electron chi connectivity index (χ3n) is 4.65. The number of amides is 1. The second-order valence-electron chi connectivity index (χ2n) is 7.11. The van der Waals surface area contributed by atoms with Gasteiger partial charge in [0.05, 0.1) is 21.2 Å². The molecule has 0 unspecified atom stereocenters. The monoisotopic (exact) mass is 510 g/mol. The van der Waals surface area contributed by atoms with Gasteiger partial charge in [-0.1, -0.05) is 41.4 Å². The van der Waals surface area contributed by atoms with Gasteiger partial charge in [-0.25, -0.2) is 9.59 Å². The van der Waals surface area contributed by atoms with Gasteiger partial charge in [0.2, 0.25) is 0 Å². The fourth-order valence-corrected chi connectivity index (χ4v) is 3.56. The van der Waals surface area contributed by atoms with Gasteiger partial charge >= 0.3 is 11.9 Å². The van der Waals surface area contributed by atoms with E-state index in [-0.39, 0.29) is 44.8 Å². The zero-order valence-electron chi connectivity index (χ0n) is 17.8. The molecule has 35 heavy (non-hydrogen) atoms. The molecule has 3 rings (SSSR count). The number of carboxylic acid groups (broad SMARTS) is 2. The Morgan fingerprint density at radius 2 is 1.57 bits per heavy atom. The van der Waals surface area contributed by atoms with Crippen LogP contribution in [0.15, 0.2) is 66.2 Å². The predicted molar refractivity (Wildman–Crippen MR) is 130 cm³/mol. The number of hydrogen-bond donors (Lipinski definition) is 3. The summed E-state index contributed by atoms with van der Waals surface area (Å²) >= 11 is 12.6. The number of halogens is 2. The van der Waals surface area contributed by atoms with Gasteiger partial charge < -0.3 is 20.3 Å². The topological polar surface area (TPSA) is 137 Å². The number of aromatic carboxylic acids is 2. The summed E-state index contributed by atoms with van der Waals surface area (Å²) in [6.45, 7) is 0.0791. The molecule has 0 radical (unpaired) electrons. The van der Waals surface area contributed by atoms with Gasteiger partial charge in [-0.05, 0) is 59.7 Å². The third kappa shape index (κ3) is 6.60. The number of carbonyl (C=O) groups excluding carboxylic acids is 1. The Labute approximate surface area is 209 Å². The minimum Gasteiger partial charge on any atom is -0.486 e. The standard InChI is InChI=1S/C25H16Cl2N2O6/c26-20-9-15(8-18(12-28)23(30)29-19-3-1-2-17(11-19)25(33)34)10-21(27)22(20)35-13-14-4-6-16(7-5-14)24(31)32/h1-11H,13H2,(H,29,30)(H,31,32)(H,33,34)/b18-8-. The fraction of sp³-hybridized carbons (Fsp3) is 0.0400. The van der Waals surface area contributed by atoms with Gasteiger partial charge in [-0.3, -0.25) is 4.79 Å². The molecule has 0 fully saturated rings. The predicted octanol–water partition coefficient (Wildman–Crippen LogP) is 5.51. The Hall–Kier alpha value is -4.32. The number of ether oxygens (including phenoxy) is 1. The molecule has 3 N–H and O–H groups in total. The average molecular weight is 511 g/mol. The largest absolute Gasteiger partial charge is 0.486 e. The molecule has 0 heterocycles. The van der Waals surface area contributed by atoms with E-state index in [1.54, 1.807) is 18.2 Å². The molecule has 8 nitrogen and oxygen atoms in total. The Kier molecular flexibility index (Phi) is 8.10. The van der Waals surface area contributed by atoms with Crippen molar-refractivity contribution < 1.29 is 29.3 Å². The van der Waals surface area contributed by atoms with E-state index < -0.39 is 17.8 Å². The number of benzene rings is 3. The lowest BCUT2D eigenvalue weighted by Crippen LogP contribution is -2.14. The maximum atomic E-state index is 12.5. The minimum absolute atomic E-state index is 0.0164. The first kappa shape index (κ1) is 25.3.